The topological polar surface area (TPSA) is 66.5 Å². The molecular formula is C19H25BrN2O3S. The highest BCUT2D eigenvalue weighted by Crippen LogP contribution is 2.47. The van der Waals surface area contributed by atoms with E-state index in [2.05, 4.69) is 38.3 Å². The third kappa shape index (κ3) is 3.99. The fraction of sp³-hybridized carbons (Fsp3) is 0.632. The van der Waals surface area contributed by atoms with Crippen LogP contribution in [0.4, 0.5) is 0 Å². The smallest absolute Gasteiger partial charge is 0.224 e. The summed E-state index contributed by atoms with van der Waals surface area (Å²) in [7, 11) is -3.08. The predicted octanol–water partition coefficient (Wildman–Crippen LogP) is 2.32. The molecule has 142 valence electrons. The van der Waals surface area contributed by atoms with E-state index in [9.17, 15) is 13.2 Å². The number of rotatable bonds is 4. The molecule has 1 aromatic rings. The zero-order valence-corrected chi connectivity index (χ0v) is 17.1. The molecule has 0 spiro atoms. The highest BCUT2D eigenvalue weighted by molar-refractivity contribution is 9.10. The normalized spacial score (nSPS) is 33.7. The van der Waals surface area contributed by atoms with Gasteiger partial charge >= 0.3 is 0 Å². The van der Waals surface area contributed by atoms with Crippen LogP contribution in [0.15, 0.2) is 28.7 Å². The summed E-state index contributed by atoms with van der Waals surface area (Å²) >= 11 is 3.43. The van der Waals surface area contributed by atoms with Crippen molar-refractivity contribution < 1.29 is 13.2 Å². The van der Waals surface area contributed by atoms with E-state index in [4.69, 9.17) is 0 Å². The maximum absolute atomic E-state index is 12.7. The van der Waals surface area contributed by atoms with Crippen molar-refractivity contribution in [1.82, 2.24) is 10.2 Å². The molecule has 4 rings (SSSR count). The van der Waals surface area contributed by atoms with Gasteiger partial charge in [-0.1, -0.05) is 34.5 Å². The lowest BCUT2D eigenvalue weighted by Crippen LogP contribution is -2.52. The van der Waals surface area contributed by atoms with Crippen molar-refractivity contribution in [3.8, 4) is 0 Å². The van der Waals surface area contributed by atoms with Crippen LogP contribution in [0.1, 0.15) is 37.2 Å². The molecule has 0 radical (unpaired) electrons. The summed E-state index contributed by atoms with van der Waals surface area (Å²) in [5.41, 5.74) is 1.18. The second kappa shape index (κ2) is 7.24. The van der Waals surface area contributed by atoms with Gasteiger partial charge in [0, 0.05) is 16.4 Å². The summed E-state index contributed by atoms with van der Waals surface area (Å²) in [6.45, 7) is 1.88. The van der Waals surface area contributed by atoms with E-state index >= 15 is 0 Å². The van der Waals surface area contributed by atoms with Crippen LogP contribution in [0.5, 0.6) is 0 Å². The lowest BCUT2D eigenvalue weighted by molar-refractivity contribution is -0.123. The van der Waals surface area contributed by atoms with Crippen molar-refractivity contribution in [2.45, 2.75) is 43.7 Å². The van der Waals surface area contributed by atoms with E-state index in [1.54, 1.807) is 0 Å². The Morgan fingerprint density at radius 1 is 1.08 bits per heavy atom. The molecule has 3 aliphatic rings. The molecule has 4 atom stereocenters. The fourth-order valence-electron chi connectivity index (χ4n) is 4.43. The lowest BCUT2D eigenvalue weighted by atomic mass is 10.0. The summed E-state index contributed by atoms with van der Waals surface area (Å²) in [6.07, 6.45) is 4.29. The first-order valence-corrected chi connectivity index (χ1v) is 12.0. The van der Waals surface area contributed by atoms with Crippen molar-refractivity contribution in [3.63, 3.8) is 0 Å². The van der Waals surface area contributed by atoms with E-state index in [-0.39, 0.29) is 41.3 Å². The van der Waals surface area contributed by atoms with Crippen molar-refractivity contribution in [2.24, 2.45) is 5.92 Å². The Bertz CT molecular complexity index is 774. The number of sulfone groups is 1. The molecule has 1 aromatic carbocycles. The van der Waals surface area contributed by atoms with Gasteiger partial charge in [-0.05, 0) is 56.0 Å². The molecule has 2 saturated heterocycles. The van der Waals surface area contributed by atoms with Crippen molar-refractivity contribution in [2.75, 3.05) is 24.6 Å². The van der Waals surface area contributed by atoms with Gasteiger partial charge in [0.25, 0.3) is 0 Å². The number of carbonyl (C=O) groups excluding carboxylic acids is 1. The van der Waals surface area contributed by atoms with Crippen LogP contribution in [0.25, 0.3) is 0 Å². The summed E-state index contributed by atoms with van der Waals surface area (Å²) in [4.78, 5) is 15.0. The van der Waals surface area contributed by atoms with Crippen LogP contribution < -0.4 is 5.32 Å². The standard InChI is InChI=1S/C19H25BrN2O3S/c20-14-6-4-13(5-7-14)15-10-16(15)19(23)21-17-11-26(24,25)12-18(17)22-8-2-1-3-9-22/h4-7,15-18H,1-3,8-12H2,(H,21,23). The predicted molar refractivity (Wildman–Crippen MR) is 105 cm³/mol. The SMILES string of the molecule is O=C(NC1CS(=O)(=O)CC1N1CCCCC1)C1CC1c1ccc(Br)cc1. The number of benzene rings is 1. The number of nitrogens with one attached hydrogen (secondary N) is 1. The number of halogens is 1. The monoisotopic (exact) mass is 440 g/mol. The minimum Gasteiger partial charge on any atom is -0.350 e. The minimum atomic E-state index is -3.08. The van der Waals surface area contributed by atoms with Gasteiger partial charge in [-0.2, -0.15) is 0 Å². The van der Waals surface area contributed by atoms with Gasteiger partial charge in [0.2, 0.25) is 5.91 Å². The molecule has 7 heteroatoms. The van der Waals surface area contributed by atoms with E-state index in [1.807, 2.05) is 12.1 Å². The highest BCUT2D eigenvalue weighted by Gasteiger charge is 2.47. The van der Waals surface area contributed by atoms with Gasteiger partial charge in [-0.15, -0.1) is 0 Å². The Morgan fingerprint density at radius 3 is 2.46 bits per heavy atom. The molecule has 2 aliphatic heterocycles. The third-order valence-corrected chi connectivity index (χ3v) is 8.18. The summed E-state index contributed by atoms with van der Waals surface area (Å²) in [6, 6.07) is 7.78. The average molecular weight is 441 g/mol. The first-order chi connectivity index (χ1) is 12.4. The van der Waals surface area contributed by atoms with Gasteiger partial charge < -0.3 is 5.32 Å². The number of amides is 1. The molecule has 1 aliphatic carbocycles. The maximum Gasteiger partial charge on any atom is 0.224 e. The Labute approximate surface area is 163 Å². The van der Waals surface area contributed by atoms with Gasteiger partial charge in [0.15, 0.2) is 9.84 Å². The number of nitrogens with zero attached hydrogens (tertiary/aromatic N) is 1. The summed E-state index contributed by atoms with van der Waals surface area (Å²) < 4.78 is 25.4. The lowest BCUT2D eigenvalue weighted by Gasteiger charge is -2.35. The molecular weight excluding hydrogens is 416 g/mol. The van der Waals surface area contributed by atoms with Gasteiger partial charge in [0.05, 0.1) is 17.5 Å². The van der Waals surface area contributed by atoms with Crippen molar-refractivity contribution >= 4 is 31.7 Å². The van der Waals surface area contributed by atoms with E-state index in [1.165, 1.54) is 12.0 Å². The number of likely N-dealkylation sites (tertiary alicyclic amines) is 1. The Hall–Kier alpha value is -0.920. The molecule has 2 heterocycles. The largest absolute Gasteiger partial charge is 0.350 e. The van der Waals surface area contributed by atoms with Crippen LogP contribution in [0, 0.1) is 5.92 Å². The van der Waals surface area contributed by atoms with Gasteiger partial charge in [-0.25, -0.2) is 8.42 Å². The molecule has 1 N–H and O–H groups in total. The van der Waals surface area contributed by atoms with Crippen LogP contribution in [-0.4, -0.2) is 55.9 Å². The fourth-order valence-corrected chi connectivity index (χ4v) is 6.65. The second-order valence-corrected chi connectivity index (χ2v) is 10.9. The number of hydrogen-bond acceptors (Lipinski definition) is 4. The van der Waals surface area contributed by atoms with Gasteiger partial charge in [-0.3, -0.25) is 9.69 Å². The Balaban J connectivity index is 1.40. The maximum atomic E-state index is 12.7. The molecule has 0 aromatic heterocycles. The number of piperidine rings is 1. The molecule has 4 unspecified atom stereocenters. The number of carbonyl (C=O) groups is 1. The molecule has 26 heavy (non-hydrogen) atoms. The Morgan fingerprint density at radius 2 is 1.77 bits per heavy atom. The molecule has 1 saturated carbocycles. The summed E-state index contributed by atoms with van der Waals surface area (Å²) in [5.74, 6) is 0.506. The minimum absolute atomic E-state index is 0.0158. The zero-order valence-electron chi connectivity index (χ0n) is 14.7. The van der Waals surface area contributed by atoms with E-state index in [0.717, 1.165) is 36.8 Å². The first-order valence-electron chi connectivity index (χ1n) is 9.43. The Kier molecular flexibility index (Phi) is 5.14. The van der Waals surface area contributed by atoms with Crippen LogP contribution >= 0.6 is 15.9 Å². The quantitative estimate of drug-likeness (QED) is 0.779. The zero-order chi connectivity index (χ0) is 18.3. The molecule has 5 nitrogen and oxygen atoms in total. The van der Waals surface area contributed by atoms with Crippen molar-refractivity contribution in [3.05, 3.63) is 34.3 Å². The van der Waals surface area contributed by atoms with Crippen LogP contribution in [-0.2, 0) is 14.6 Å². The highest BCUT2D eigenvalue weighted by atomic mass is 79.9. The van der Waals surface area contributed by atoms with Gasteiger partial charge in [0.1, 0.15) is 0 Å². The van der Waals surface area contributed by atoms with Crippen LogP contribution in [0.3, 0.4) is 0 Å². The van der Waals surface area contributed by atoms with Crippen LogP contribution in [0.2, 0.25) is 0 Å². The second-order valence-electron chi connectivity index (χ2n) is 7.86. The first kappa shape index (κ1) is 18.4. The van der Waals surface area contributed by atoms with E-state index < -0.39 is 9.84 Å². The molecule has 0 bridgehead atoms. The average Bonchev–Trinajstić information content (AvgIpc) is 3.35. The summed E-state index contributed by atoms with van der Waals surface area (Å²) in [5, 5.41) is 3.09. The molecule has 3 fully saturated rings. The molecule has 1 amide bonds. The van der Waals surface area contributed by atoms with Crippen molar-refractivity contribution in [1.29, 1.82) is 0 Å². The van der Waals surface area contributed by atoms with E-state index in [0.29, 0.717) is 0 Å². The third-order valence-electron chi connectivity index (χ3n) is 5.94. The number of hydrogen-bond donors (Lipinski definition) is 1.